The minimum atomic E-state index is -0.419. The Morgan fingerprint density at radius 2 is 2.00 bits per heavy atom. The van der Waals surface area contributed by atoms with E-state index in [9.17, 15) is 9.90 Å². The molecule has 136 valence electrons. The van der Waals surface area contributed by atoms with E-state index in [0.717, 1.165) is 22.2 Å². The van der Waals surface area contributed by atoms with Gasteiger partial charge in [0.15, 0.2) is 0 Å². The Hall–Kier alpha value is -2.84. The number of hydrogen-bond donors (Lipinski definition) is 1. The molecule has 0 fully saturated rings. The SMILES string of the molecule is Cc1cc2oc(=O)cc(CSc3nnnn3-c3ccc(O)cc3)c2cc1Cl. The predicted molar refractivity (Wildman–Crippen MR) is 103 cm³/mol. The minimum Gasteiger partial charge on any atom is -0.508 e. The van der Waals surface area contributed by atoms with Gasteiger partial charge in [0.2, 0.25) is 5.16 Å². The van der Waals surface area contributed by atoms with Gasteiger partial charge in [0.25, 0.3) is 0 Å². The summed E-state index contributed by atoms with van der Waals surface area (Å²) < 4.78 is 6.85. The number of aromatic nitrogens is 4. The summed E-state index contributed by atoms with van der Waals surface area (Å²) in [5.74, 6) is 0.621. The minimum absolute atomic E-state index is 0.163. The lowest BCUT2D eigenvalue weighted by atomic mass is 10.1. The van der Waals surface area contributed by atoms with Crippen molar-refractivity contribution >= 4 is 34.3 Å². The fourth-order valence-electron chi connectivity index (χ4n) is 2.63. The first-order valence-electron chi connectivity index (χ1n) is 7.95. The molecule has 2 aromatic heterocycles. The van der Waals surface area contributed by atoms with Crippen molar-refractivity contribution in [1.29, 1.82) is 0 Å². The number of thioether (sulfide) groups is 1. The lowest BCUT2D eigenvalue weighted by Crippen LogP contribution is -2.02. The molecule has 0 bridgehead atoms. The van der Waals surface area contributed by atoms with E-state index < -0.39 is 5.63 Å². The first kappa shape index (κ1) is 17.6. The topological polar surface area (TPSA) is 94.0 Å². The third-order valence-corrected chi connectivity index (χ3v) is 5.38. The highest BCUT2D eigenvalue weighted by atomic mass is 35.5. The molecule has 9 heteroatoms. The zero-order chi connectivity index (χ0) is 19.0. The van der Waals surface area contributed by atoms with Crippen LogP contribution in [0.4, 0.5) is 0 Å². The van der Waals surface area contributed by atoms with Crippen LogP contribution in [0.25, 0.3) is 16.7 Å². The van der Waals surface area contributed by atoms with E-state index in [1.54, 1.807) is 41.1 Å². The number of tetrazole rings is 1. The summed E-state index contributed by atoms with van der Waals surface area (Å²) in [5.41, 5.74) is 2.43. The zero-order valence-electron chi connectivity index (χ0n) is 14.1. The number of aromatic hydroxyl groups is 1. The quantitative estimate of drug-likeness (QED) is 0.412. The standard InChI is InChI=1S/C18H13ClN4O3S/c1-10-6-16-14(8-15(10)19)11(7-17(25)26-16)9-27-18-20-21-22-23(18)12-2-4-13(24)5-3-12/h2-8,24H,9H2,1H3. The fraction of sp³-hybridized carbons (Fsp3) is 0.111. The number of phenols is 1. The van der Waals surface area contributed by atoms with Crippen LogP contribution in [0.5, 0.6) is 5.75 Å². The second-order valence-electron chi connectivity index (χ2n) is 5.87. The molecule has 4 aromatic rings. The number of phenolic OH excluding ortho intramolecular Hbond substituents is 1. The lowest BCUT2D eigenvalue weighted by molar-refractivity contribution is 0.475. The lowest BCUT2D eigenvalue weighted by Gasteiger charge is -2.08. The van der Waals surface area contributed by atoms with E-state index in [1.807, 2.05) is 6.92 Å². The first-order chi connectivity index (χ1) is 13.0. The third-order valence-electron chi connectivity index (χ3n) is 4.00. The van der Waals surface area contributed by atoms with Gasteiger partial charge < -0.3 is 9.52 Å². The molecule has 0 saturated carbocycles. The molecular weight excluding hydrogens is 388 g/mol. The van der Waals surface area contributed by atoms with Crippen LogP contribution >= 0.6 is 23.4 Å². The van der Waals surface area contributed by atoms with Gasteiger partial charge in [0.05, 0.1) is 5.69 Å². The summed E-state index contributed by atoms with van der Waals surface area (Å²) in [6.45, 7) is 1.86. The molecule has 0 aliphatic rings. The molecule has 0 aliphatic carbocycles. The van der Waals surface area contributed by atoms with Gasteiger partial charge in [-0.25, -0.2) is 4.79 Å². The monoisotopic (exact) mass is 400 g/mol. The third kappa shape index (κ3) is 3.54. The van der Waals surface area contributed by atoms with Gasteiger partial charge >= 0.3 is 5.63 Å². The van der Waals surface area contributed by atoms with Gasteiger partial charge in [-0.2, -0.15) is 4.68 Å². The van der Waals surface area contributed by atoms with Crippen LogP contribution < -0.4 is 5.63 Å². The van der Waals surface area contributed by atoms with E-state index in [0.29, 0.717) is 21.5 Å². The van der Waals surface area contributed by atoms with Gasteiger partial charge in [-0.3, -0.25) is 0 Å². The highest BCUT2D eigenvalue weighted by Gasteiger charge is 2.13. The highest BCUT2D eigenvalue weighted by Crippen LogP contribution is 2.29. The van der Waals surface area contributed by atoms with Crippen LogP contribution in [0.1, 0.15) is 11.1 Å². The van der Waals surface area contributed by atoms with Gasteiger partial charge in [-0.15, -0.1) is 5.10 Å². The van der Waals surface area contributed by atoms with E-state index in [4.69, 9.17) is 16.0 Å². The van der Waals surface area contributed by atoms with Gasteiger partial charge in [0, 0.05) is 22.2 Å². The van der Waals surface area contributed by atoms with Crippen LogP contribution in [0, 0.1) is 6.92 Å². The summed E-state index contributed by atoms with van der Waals surface area (Å²) in [5, 5.41) is 23.1. The smallest absolute Gasteiger partial charge is 0.336 e. The largest absolute Gasteiger partial charge is 0.508 e. The molecule has 2 aromatic carbocycles. The summed E-state index contributed by atoms with van der Waals surface area (Å²) in [4.78, 5) is 11.9. The van der Waals surface area contributed by atoms with Crippen LogP contribution in [-0.2, 0) is 5.75 Å². The van der Waals surface area contributed by atoms with Crippen molar-refractivity contribution in [2.75, 3.05) is 0 Å². The Kier molecular flexibility index (Phi) is 4.59. The number of aryl methyl sites for hydroxylation is 1. The molecule has 0 amide bonds. The summed E-state index contributed by atoms with van der Waals surface area (Å²) >= 11 is 7.61. The molecule has 0 aliphatic heterocycles. The second kappa shape index (κ2) is 7.05. The van der Waals surface area contributed by atoms with Crippen molar-refractivity contribution in [2.24, 2.45) is 0 Å². The number of benzene rings is 2. The number of nitrogens with zero attached hydrogens (tertiary/aromatic N) is 4. The Balaban J connectivity index is 1.67. The normalized spacial score (nSPS) is 11.2. The van der Waals surface area contributed by atoms with E-state index >= 15 is 0 Å². The second-order valence-corrected chi connectivity index (χ2v) is 7.22. The summed E-state index contributed by atoms with van der Waals surface area (Å²) in [6, 6.07) is 11.6. The molecule has 0 unspecified atom stereocenters. The molecule has 7 nitrogen and oxygen atoms in total. The van der Waals surface area contributed by atoms with E-state index in [1.165, 1.54) is 17.8 Å². The number of hydrogen-bond acceptors (Lipinski definition) is 7. The number of halogens is 1. The van der Waals surface area contributed by atoms with Crippen LogP contribution in [0.3, 0.4) is 0 Å². The first-order valence-corrected chi connectivity index (χ1v) is 9.31. The van der Waals surface area contributed by atoms with Crippen molar-refractivity contribution < 1.29 is 9.52 Å². The molecule has 0 atom stereocenters. The maximum atomic E-state index is 11.9. The van der Waals surface area contributed by atoms with Gasteiger partial charge in [-0.1, -0.05) is 23.4 Å². The predicted octanol–water partition coefficient (Wildman–Crippen LogP) is 3.73. The molecule has 27 heavy (non-hydrogen) atoms. The van der Waals surface area contributed by atoms with Gasteiger partial charge in [0.1, 0.15) is 11.3 Å². The Labute approximate surface area is 162 Å². The van der Waals surface area contributed by atoms with Crippen LogP contribution in [0.2, 0.25) is 5.02 Å². The van der Waals surface area contributed by atoms with Crippen LogP contribution in [-0.4, -0.2) is 25.3 Å². The summed E-state index contributed by atoms with van der Waals surface area (Å²) in [7, 11) is 0. The maximum absolute atomic E-state index is 11.9. The Morgan fingerprint density at radius 1 is 1.22 bits per heavy atom. The molecule has 0 radical (unpaired) electrons. The zero-order valence-corrected chi connectivity index (χ0v) is 15.7. The molecule has 4 rings (SSSR count). The van der Waals surface area contributed by atoms with Gasteiger partial charge in [-0.05, 0) is 64.9 Å². The fourth-order valence-corrected chi connectivity index (χ4v) is 3.68. The van der Waals surface area contributed by atoms with E-state index in [-0.39, 0.29) is 5.75 Å². The Morgan fingerprint density at radius 3 is 2.78 bits per heavy atom. The van der Waals surface area contributed by atoms with Crippen molar-refractivity contribution in [3.8, 4) is 11.4 Å². The molecular formula is C18H13ClN4O3S. The van der Waals surface area contributed by atoms with Crippen molar-refractivity contribution in [3.05, 3.63) is 69.0 Å². The van der Waals surface area contributed by atoms with Crippen LogP contribution in [0.15, 0.2) is 56.8 Å². The summed E-state index contributed by atoms with van der Waals surface area (Å²) in [6.07, 6.45) is 0. The average molecular weight is 401 g/mol. The molecule has 0 saturated heterocycles. The van der Waals surface area contributed by atoms with Crippen molar-refractivity contribution in [3.63, 3.8) is 0 Å². The maximum Gasteiger partial charge on any atom is 0.336 e. The number of fused-ring (bicyclic) bond motifs is 1. The Bertz CT molecular complexity index is 1190. The van der Waals surface area contributed by atoms with Crippen molar-refractivity contribution in [1.82, 2.24) is 20.2 Å². The molecule has 2 heterocycles. The molecule has 0 spiro atoms. The molecule has 1 N–H and O–H groups in total. The van der Waals surface area contributed by atoms with E-state index in [2.05, 4.69) is 15.5 Å². The highest BCUT2D eigenvalue weighted by molar-refractivity contribution is 7.98. The average Bonchev–Trinajstić information content (AvgIpc) is 3.10. The number of rotatable bonds is 4. The van der Waals surface area contributed by atoms with Crippen molar-refractivity contribution in [2.45, 2.75) is 17.8 Å².